The van der Waals surface area contributed by atoms with Crippen LogP contribution in [0.5, 0.6) is 0 Å². The molecule has 2 aliphatic rings. The molecule has 0 radical (unpaired) electrons. The molecular weight excluding hydrogens is 300 g/mol. The average Bonchev–Trinajstić information content (AvgIpc) is 2.88. The van der Waals surface area contributed by atoms with Crippen molar-refractivity contribution in [2.45, 2.75) is 70.4 Å². The van der Waals surface area contributed by atoms with Crippen LogP contribution in [0.2, 0.25) is 0 Å². The number of hydrogen-bond donors (Lipinski definition) is 2. The molecule has 24 heavy (non-hydrogen) atoms. The van der Waals surface area contributed by atoms with Gasteiger partial charge in [-0.05, 0) is 38.8 Å². The number of aryl methyl sites for hydroxylation is 1. The number of anilines is 2. The third-order valence-electron chi connectivity index (χ3n) is 5.09. The van der Waals surface area contributed by atoms with Gasteiger partial charge in [-0.15, -0.1) is 0 Å². The molecule has 0 aromatic carbocycles. The second-order valence-electron chi connectivity index (χ2n) is 6.96. The minimum atomic E-state index is 0.484. The second-order valence-corrected chi connectivity index (χ2v) is 6.96. The molecule has 3 rings (SSSR count). The fourth-order valence-electron chi connectivity index (χ4n) is 3.76. The van der Waals surface area contributed by atoms with Gasteiger partial charge in [-0.1, -0.05) is 32.3 Å². The number of nitrogens with one attached hydrogen (secondary N) is 2. The lowest BCUT2D eigenvalue weighted by Crippen LogP contribution is -2.31. The number of hydrogen-bond acceptors (Lipinski definition) is 6. The maximum atomic E-state index is 4.58. The summed E-state index contributed by atoms with van der Waals surface area (Å²) in [5.41, 5.74) is 0. The van der Waals surface area contributed by atoms with Gasteiger partial charge in [-0.2, -0.15) is 15.0 Å². The van der Waals surface area contributed by atoms with Gasteiger partial charge in [0.1, 0.15) is 5.82 Å². The van der Waals surface area contributed by atoms with Crippen molar-refractivity contribution in [3.05, 3.63) is 18.6 Å². The summed E-state index contributed by atoms with van der Waals surface area (Å²) in [7, 11) is 0. The molecule has 6 heteroatoms. The van der Waals surface area contributed by atoms with Gasteiger partial charge in [0, 0.05) is 25.2 Å². The van der Waals surface area contributed by atoms with Crippen LogP contribution in [0.25, 0.3) is 0 Å². The van der Waals surface area contributed by atoms with Crippen molar-refractivity contribution in [2.24, 2.45) is 0 Å². The van der Waals surface area contributed by atoms with Crippen molar-refractivity contribution in [1.82, 2.24) is 19.9 Å². The molecule has 2 N–H and O–H groups in total. The normalized spacial score (nSPS) is 22.2. The van der Waals surface area contributed by atoms with E-state index in [4.69, 9.17) is 0 Å². The Labute approximate surface area is 145 Å². The molecule has 1 aliphatic heterocycles. The van der Waals surface area contributed by atoms with Crippen molar-refractivity contribution in [1.29, 1.82) is 0 Å². The predicted octanol–water partition coefficient (Wildman–Crippen LogP) is 3.33. The van der Waals surface area contributed by atoms with E-state index in [2.05, 4.69) is 37.1 Å². The topological polar surface area (TPSA) is 66.0 Å². The molecule has 6 nitrogen and oxygen atoms in total. The minimum Gasteiger partial charge on any atom is -0.373 e. The number of aromatic nitrogens is 3. The molecule has 0 spiro atoms. The van der Waals surface area contributed by atoms with Crippen molar-refractivity contribution in [3.63, 3.8) is 0 Å². The first-order chi connectivity index (χ1) is 11.7. The Bertz CT molecular complexity index is 538. The van der Waals surface area contributed by atoms with Gasteiger partial charge >= 0.3 is 0 Å². The van der Waals surface area contributed by atoms with Gasteiger partial charge in [0.2, 0.25) is 11.9 Å². The molecule has 2 fully saturated rings. The monoisotopic (exact) mass is 330 g/mol. The lowest BCUT2D eigenvalue weighted by atomic mass is 10.1. The van der Waals surface area contributed by atoms with Crippen molar-refractivity contribution in [2.75, 3.05) is 23.7 Å². The van der Waals surface area contributed by atoms with Crippen molar-refractivity contribution >= 4 is 11.9 Å². The molecule has 1 aromatic heterocycles. The number of likely N-dealkylation sites (tertiary alicyclic amines) is 1. The highest BCUT2D eigenvalue weighted by atomic mass is 15.2. The van der Waals surface area contributed by atoms with E-state index in [1.54, 1.807) is 0 Å². The Morgan fingerprint density at radius 3 is 2.54 bits per heavy atom. The first-order valence-electron chi connectivity index (χ1n) is 9.36. The zero-order chi connectivity index (χ0) is 16.8. The maximum Gasteiger partial charge on any atom is 0.227 e. The summed E-state index contributed by atoms with van der Waals surface area (Å²) in [6.45, 7) is 7.77. The van der Waals surface area contributed by atoms with Crippen LogP contribution in [0.15, 0.2) is 12.8 Å². The third kappa shape index (κ3) is 4.58. The molecule has 1 saturated carbocycles. The Morgan fingerprint density at radius 1 is 1.04 bits per heavy atom. The largest absolute Gasteiger partial charge is 0.373 e. The first kappa shape index (κ1) is 17.0. The molecule has 1 saturated heterocycles. The maximum absolute atomic E-state index is 4.58. The quantitative estimate of drug-likeness (QED) is 0.780. The van der Waals surface area contributed by atoms with E-state index in [-0.39, 0.29) is 0 Å². The van der Waals surface area contributed by atoms with Gasteiger partial charge < -0.3 is 15.5 Å². The molecule has 0 amide bonds. The molecule has 1 atom stereocenters. The summed E-state index contributed by atoms with van der Waals surface area (Å²) in [4.78, 5) is 15.8. The molecule has 0 bridgehead atoms. The SMILES string of the molecule is C=CN1CCCC1CNc1nc(C)nc(NC2CCCCCC2)n1. The van der Waals surface area contributed by atoms with E-state index in [9.17, 15) is 0 Å². The lowest BCUT2D eigenvalue weighted by Gasteiger charge is -2.22. The Balaban J connectivity index is 1.59. The Morgan fingerprint density at radius 2 is 1.79 bits per heavy atom. The first-order valence-corrected chi connectivity index (χ1v) is 9.36. The molecule has 1 aromatic rings. The zero-order valence-electron chi connectivity index (χ0n) is 14.8. The minimum absolute atomic E-state index is 0.484. The van der Waals surface area contributed by atoms with Crippen molar-refractivity contribution < 1.29 is 0 Å². The van der Waals surface area contributed by atoms with Crippen LogP contribution in [-0.2, 0) is 0 Å². The molecule has 132 valence electrons. The van der Waals surface area contributed by atoms with Crippen LogP contribution in [0.1, 0.15) is 57.2 Å². The second kappa shape index (κ2) is 8.31. The van der Waals surface area contributed by atoms with Gasteiger partial charge in [0.15, 0.2) is 0 Å². The van der Waals surface area contributed by atoms with Crippen LogP contribution >= 0.6 is 0 Å². The van der Waals surface area contributed by atoms with Crippen molar-refractivity contribution in [3.8, 4) is 0 Å². The van der Waals surface area contributed by atoms with Crippen LogP contribution < -0.4 is 10.6 Å². The van der Waals surface area contributed by atoms with Gasteiger partial charge in [0.05, 0.1) is 0 Å². The predicted molar refractivity (Wildman–Crippen MR) is 98.1 cm³/mol. The molecular formula is C18H30N6. The van der Waals surface area contributed by atoms with E-state index in [0.717, 1.165) is 18.9 Å². The number of rotatable bonds is 6. The lowest BCUT2D eigenvalue weighted by molar-refractivity contribution is 0.363. The fraction of sp³-hybridized carbons (Fsp3) is 0.722. The highest BCUT2D eigenvalue weighted by molar-refractivity contribution is 5.35. The fourth-order valence-corrected chi connectivity index (χ4v) is 3.76. The summed E-state index contributed by atoms with van der Waals surface area (Å²) >= 11 is 0. The highest BCUT2D eigenvalue weighted by Crippen LogP contribution is 2.21. The van der Waals surface area contributed by atoms with Gasteiger partial charge in [-0.3, -0.25) is 0 Å². The van der Waals surface area contributed by atoms with E-state index < -0.39 is 0 Å². The summed E-state index contributed by atoms with van der Waals surface area (Å²) in [5.74, 6) is 2.15. The summed E-state index contributed by atoms with van der Waals surface area (Å²) in [5, 5.41) is 6.91. The van der Waals surface area contributed by atoms with Crippen LogP contribution in [-0.4, -0.2) is 45.0 Å². The van der Waals surface area contributed by atoms with Crippen LogP contribution in [0, 0.1) is 6.92 Å². The smallest absolute Gasteiger partial charge is 0.227 e. The third-order valence-corrected chi connectivity index (χ3v) is 5.09. The standard InChI is InChI=1S/C18H30N6/c1-3-24-12-8-11-16(24)13-19-17-20-14(2)21-18(23-17)22-15-9-6-4-5-7-10-15/h3,15-16H,1,4-13H2,2H3,(H2,19,20,21,22,23). The molecule has 1 aliphatic carbocycles. The van der Waals surface area contributed by atoms with E-state index in [1.807, 2.05) is 13.1 Å². The van der Waals surface area contributed by atoms with E-state index >= 15 is 0 Å². The molecule has 2 heterocycles. The van der Waals surface area contributed by atoms with Gasteiger partial charge in [0.25, 0.3) is 0 Å². The molecule has 1 unspecified atom stereocenters. The Hall–Kier alpha value is -1.85. The van der Waals surface area contributed by atoms with E-state index in [0.29, 0.717) is 24.0 Å². The number of nitrogens with zero attached hydrogens (tertiary/aromatic N) is 4. The van der Waals surface area contributed by atoms with Crippen LogP contribution in [0.3, 0.4) is 0 Å². The van der Waals surface area contributed by atoms with Crippen LogP contribution in [0.4, 0.5) is 11.9 Å². The zero-order valence-corrected chi connectivity index (χ0v) is 14.8. The summed E-state index contributed by atoms with van der Waals surface area (Å²) in [6, 6.07) is 0.978. The summed E-state index contributed by atoms with van der Waals surface area (Å²) < 4.78 is 0. The Kier molecular flexibility index (Phi) is 5.88. The average molecular weight is 330 g/mol. The van der Waals surface area contributed by atoms with E-state index in [1.165, 1.54) is 51.4 Å². The van der Waals surface area contributed by atoms with Gasteiger partial charge in [-0.25, -0.2) is 0 Å². The summed E-state index contributed by atoms with van der Waals surface area (Å²) in [6.07, 6.45) is 12.1. The highest BCUT2D eigenvalue weighted by Gasteiger charge is 2.21.